The molecule has 114 valence electrons. The van der Waals surface area contributed by atoms with Crippen LogP contribution in [0, 0.1) is 5.41 Å². The Morgan fingerprint density at radius 1 is 1.29 bits per heavy atom. The minimum absolute atomic E-state index is 0.0478. The first-order valence-corrected chi connectivity index (χ1v) is 7.21. The van der Waals surface area contributed by atoms with Gasteiger partial charge in [-0.2, -0.15) is 0 Å². The third-order valence-electron chi connectivity index (χ3n) is 4.33. The zero-order chi connectivity index (χ0) is 15.8. The highest BCUT2D eigenvalue weighted by Gasteiger charge is 2.40. The highest BCUT2D eigenvalue weighted by molar-refractivity contribution is 5.98. The molecule has 0 saturated heterocycles. The van der Waals surface area contributed by atoms with E-state index in [4.69, 9.17) is 4.74 Å². The summed E-state index contributed by atoms with van der Waals surface area (Å²) in [5.74, 6) is -0.354. The second-order valence-corrected chi connectivity index (χ2v) is 6.70. The Morgan fingerprint density at radius 3 is 2.48 bits per heavy atom. The summed E-state index contributed by atoms with van der Waals surface area (Å²) < 4.78 is 4.89. The first-order valence-electron chi connectivity index (χ1n) is 7.21. The minimum atomic E-state index is -0.542. The summed E-state index contributed by atoms with van der Waals surface area (Å²) in [4.78, 5) is 26.3. The second kappa shape index (κ2) is 5.51. The molecule has 1 heterocycles. The van der Waals surface area contributed by atoms with E-state index in [1.807, 2.05) is 24.3 Å². The molecule has 0 spiro atoms. The van der Waals surface area contributed by atoms with Gasteiger partial charge in [0.25, 0.3) is 5.91 Å². The number of carbonyl (C=O) groups is 2. The summed E-state index contributed by atoms with van der Waals surface area (Å²) in [6.07, 6.45) is 0.579. The average Bonchev–Trinajstić information content (AvgIpc) is 2.55. The van der Waals surface area contributed by atoms with Crippen LogP contribution in [0.4, 0.5) is 0 Å². The number of benzene rings is 1. The zero-order valence-corrected chi connectivity index (χ0v) is 13.3. The number of carbonyl (C=O) groups excluding carboxylic acids is 2. The second-order valence-electron chi connectivity index (χ2n) is 6.70. The Kier molecular flexibility index (Phi) is 4.08. The number of hydrogen-bond acceptors (Lipinski definition) is 3. The lowest BCUT2D eigenvalue weighted by Crippen LogP contribution is -2.42. The van der Waals surface area contributed by atoms with E-state index in [1.54, 1.807) is 7.05 Å². The van der Waals surface area contributed by atoms with Gasteiger partial charge in [-0.05, 0) is 29.4 Å². The van der Waals surface area contributed by atoms with Crippen molar-refractivity contribution in [3.05, 3.63) is 35.4 Å². The molecular formula is C17H23NO3. The van der Waals surface area contributed by atoms with Crippen molar-refractivity contribution in [3.8, 4) is 0 Å². The molecule has 1 aliphatic rings. The Morgan fingerprint density at radius 2 is 1.90 bits per heavy atom. The summed E-state index contributed by atoms with van der Waals surface area (Å²) in [7, 11) is 3.04. The summed E-state index contributed by atoms with van der Waals surface area (Å²) in [5, 5.41) is 0. The molecule has 0 N–H and O–H groups in total. The highest BCUT2D eigenvalue weighted by Crippen LogP contribution is 2.42. The molecule has 4 heteroatoms. The molecule has 21 heavy (non-hydrogen) atoms. The van der Waals surface area contributed by atoms with E-state index >= 15 is 0 Å². The maximum absolute atomic E-state index is 12.7. The van der Waals surface area contributed by atoms with Crippen LogP contribution in [0.3, 0.4) is 0 Å². The van der Waals surface area contributed by atoms with Crippen LogP contribution in [-0.4, -0.2) is 37.0 Å². The van der Waals surface area contributed by atoms with Gasteiger partial charge in [0, 0.05) is 12.6 Å². The SMILES string of the molecule is COC(=O)C1CC(C(C)(C)C)c2ccccc2C(=O)N1C. The molecule has 0 aromatic heterocycles. The van der Waals surface area contributed by atoms with Gasteiger partial charge in [-0.25, -0.2) is 4.79 Å². The average molecular weight is 289 g/mol. The molecule has 2 unspecified atom stereocenters. The normalized spacial score (nSPS) is 22.5. The number of fused-ring (bicyclic) bond motifs is 1. The predicted molar refractivity (Wildman–Crippen MR) is 81.2 cm³/mol. The number of amides is 1. The standard InChI is InChI=1S/C17H23NO3/c1-17(2,3)13-10-14(16(20)21-5)18(4)15(19)12-9-7-6-8-11(12)13/h6-9,13-14H,10H2,1-5H3. The predicted octanol–water partition coefficient (Wildman–Crippen LogP) is 2.83. The molecular weight excluding hydrogens is 266 g/mol. The van der Waals surface area contributed by atoms with Gasteiger partial charge in [0.15, 0.2) is 0 Å². The Hall–Kier alpha value is -1.84. The molecule has 0 radical (unpaired) electrons. The van der Waals surface area contributed by atoms with Gasteiger partial charge in [0.1, 0.15) is 6.04 Å². The van der Waals surface area contributed by atoms with Gasteiger partial charge >= 0.3 is 5.97 Å². The zero-order valence-electron chi connectivity index (χ0n) is 13.3. The third kappa shape index (κ3) is 2.80. The maximum atomic E-state index is 12.7. The fourth-order valence-corrected chi connectivity index (χ4v) is 3.05. The van der Waals surface area contributed by atoms with E-state index in [0.29, 0.717) is 12.0 Å². The maximum Gasteiger partial charge on any atom is 0.328 e. The van der Waals surface area contributed by atoms with Crippen LogP contribution in [-0.2, 0) is 9.53 Å². The topological polar surface area (TPSA) is 46.6 Å². The fraction of sp³-hybridized carbons (Fsp3) is 0.529. The van der Waals surface area contributed by atoms with E-state index in [1.165, 1.54) is 12.0 Å². The molecule has 0 saturated carbocycles. The van der Waals surface area contributed by atoms with Crippen molar-refractivity contribution < 1.29 is 14.3 Å². The number of esters is 1. The fourth-order valence-electron chi connectivity index (χ4n) is 3.05. The molecule has 0 bridgehead atoms. The van der Waals surface area contributed by atoms with Gasteiger partial charge < -0.3 is 9.64 Å². The van der Waals surface area contributed by atoms with E-state index in [-0.39, 0.29) is 23.2 Å². The number of hydrogen-bond donors (Lipinski definition) is 0. The van der Waals surface area contributed by atoms with Gasteiger partial charge in [-0.1, -0.05) is 39.0 Å². The molecule has 1 aromatic carbocycles. The van der Waals surface area contributed by atoms with Gasteiger partial charge in [0.05, 0.1) is 7.11 Å². The lowest BCUT2D eigenvalue weighted by atomic mass is 9.72. The summed E-state index contributed by atoms with van der Waals surface area (Å²) in [6.45, 7) is 6.41. The van der Waals surface area contributed by atoms with Crippen molar-refractivity contribution >= 4 is 11.9 Å². The monoisotopic (exact) mass is 289 g/mol. The Bertz CT molecular complexity index is 559. The van der Waals surface area contributed by atoms with Crippen LogP contribution in [0.5, 0.6) is 0 Å². The van der Waals surface area contributed by atoms with E-state index < -0.39 is 6.04 Å². The van der Waals surface area contributed by atoms with E-state index in [2.05, 4.69) is 20.8 Å². The van der Waals surface area contributed by atoms with Crippen molar-refractivity contribution in [1.29, 1.82) is 0 Å². The minimum Gasteiger partial charge on any atom is -0.467 e. The quantitative estimate of drug-likeness (QED) is 0.747. The lowest BCUT2D eigenvalue weighted by molar-refractivity contribution is -0.146. The number of nitrogens with zero attached hydrogens (tertiary/aromatic N) is 1. The van der Waals surface area contributed by atoms with Gasteiger partial charge in [-0.3, -0.25) is 4.79 Å². The number of ether oxygens (including phenoxy) is 1. The molecule has 1 aromatic rings. The molecule has 0 aliphatic carbocycles. The summed E-state index contributed by atoms with van der Waals surface area (Å²) in [6, 6.07) is 7.11. The smallest absolute Gasteiger partial charge is 0.328 e. The van der Waals surface area contributed by atoms with Crippen LogP contribution >= 0.6 is 0 Å². The largest absolute Gasteiger partial charge is 0.467 e. The third-order valence-corrected chi connectivity index (χ3v) is 4.33. The van der Waals surface area contributed by atoms with E-state index in [9.17, 15) is 9.59 Å². The van der Waals surface area contributed by atoms with Crippen LogP contribution in [0.15, 0.2) is 24.3 Å². The number of likely N-dealkylation sites (N-methyl/N-ethyl adjacent to an activating group) is 1. The van der Waals surface area contributed by atoms with Crippen LogP contribution in [0.25, 0.3) is 0 Å². The summed E-state index contributed by atoms with van der Waals surface area (Å²) in [5.41, 5.74) is 1.66. The van der Waals surface area contributed by atoms with Crippen LogP contribution in [0.1, 0.15) is 49.0 Å². The Balaban J connectivity index is 2.57. The van der Waals surface area contributed by atoms with E-state index in [0.717, 1.165) is 5.56 Å². The van der Waals surface area contributed by atoms with Crippen LogP contribution in [0.2, 0.25) is 0 Å². The Labute approximate surface area is 126 Å². The number of rotatable bonds is 1. The number of methoxy groups -OCH3 is 1. The summed E-state index contributed by atoms with van der Waals surface area (Å²) >= 11 is 0. The van der Waals surface area contributed by atoms with Gasteiger partial charge in [0.2, 0.25) is 0 Å². The van der Waals surface area contributed by atoms with Gasteiger partial charge in [-0.15, -0.1) is 0 Å². The molecule has 1 aliphatic heterocycles. The first kappa shape index (κ1) is 15.5. The van der Waals surface area contributed by atoms with Crippen molar-refractivity contribution in [1.82, 2.24) is 4.90 Å². The van der Waals surface area contributed by atoms with Crippen molar-refractivity contribution in [2.45, 2.75) is 39.2 Å². The van der Waals surface area contributed by atoms with Crippen molar-refractivity contribution in [2.75, 3.05) is 14.2 Å². The molecule has 1 amide bonds. The molecule has 0 fully saturated rings. The van der Waals surface area contributed by atoms with Crippen molar-refractivity contribution in [2.24, 2.45) is 5.41 Å². The molecule has 2 rings (SSSR count). The van der Waals surface area contributed by atoms with Crippen molar-refractivity contribution in [3.63, 3.8) is 0 Å². The highest BCUT2D eigenvalue weighted by atomic mass is 16.5. The molecule has 4 nitrogen and oxygen atoms in total. The molecule has 2 atom stereocenters. The van der Waals surface area contributed by atoms with Crippen LogP contribution < -0.4 is 0 Å². The lowest BCUT2D eigenvalue weighted by Gasteiger charge is -2.33. The first-order chi connectivity index (χ1) is 9.77.